The number of likely N-dealkylation sites (N-methyl/N-ethyl adjacent to an activating group) is 1. The molecule has 0 amide bonds. The second-order valence-electron chi connectivity index (χ2n) is 4.28. The van der Waals surface area contributed by atoms with Crippen molar-refractivity contribution in [3.63, 3.8) is 0 Å². The standard InChI is InChI=1S/C12H18BrFN2/c1-9(8-16(2)3)15-7-10-6-11(13)4-5-12(10)14/h4-6,9,15H,7-8H2,1-3H3. The van der Waals surface area contributed by atoms with Crippen LogP contribution in [0.5, 0.6) is 0 Å². The number of benzene rings is 1. The molecule has 0 aliphatic carbocycles. The molecule has 1 atom stereocenters. The van der Waals surface area contributed by atoms with E-state index < -0.39 is 0 Å². The highest BCUT2D eigenvalue weighted by Gasteiger charge is 2.06. The van der Waals surface area contributed by atoms with Crippen LogP contribution in [0.15, 0.2) is 22.7 Å². The summed E-state index contributed by atoms with van der Waals surface area (Å²) in [6, 6.07) is 5.35. The van der Waals surface area contributed by atoms with Crippen LogP contribution in [0.3, 0.4) is 0 Å². The maximum Gasteiger partial charge on any atom is 0.127 e. The summed E-state index contributed by atoms with van der Waals surface area (Å²) in [5, 5.41) is 3.30. The molecule has 1 unspecified atom stereocenters. The zero-order valence-corrected chi connectivity index (χ0v) is 11.5. The molecule has 16 heavy (non-hydrogen) atoms. The predicted molar refractivity (Wildman–Crippen MR) is 69.0 cm³/mol. The Hall–Kier alpha value is -0.450. The number of nitrogens with one attached hydrogen (secondary N) is 1. The SMILES string of the molecule is CC(CN(C)C)NCc1cc(Br)ccc1F. The summed E-state index contributed by atoms with van der Waals surface area (Å²) in [4.78, 5) is 2.11. The van der Waals surface area contributed by atoms with Gasteiger partial charge in [-0.15, -0.1) is 0 Å². The second kappa shape index (κ2) is 6.33. The van der Waals surface area contributed by atoms with E-state index in [4.69, 9.17) is 0 Å². The summed E-state index contributed by atoms with van der Waals surface area (Å²) >= 11 is 3.34. The summed E-state index contributed by atoms with van der Waals surface area (Å²) < 4.78 is 14.3. The van der Waals surface area contributed by atoms with Crippen molar-refractivity contribution in [3.05, 3.63) is 34.1 Å². The fourth-order valence-corrected chi connectivity index (χ4v) is 1.98. The Bertz CT molecular complexity index is 342. The van der Waals surface area contributed by atoms with E-state index in [-0.39, 0.29) is 5.82 Å². The Morgan fingerprint density at radius 2 is 2.12 bits per heavy atom. The van der Waals surface area contributed by atoms with Crippen molar-refractivity contribution in [1.82, 2.24) is 10.2 Å². The molecule has 0 saturated carbocycles. The molecule has 0 aliphatic heterocycles. The third-order valence-electron chi connectivity index (χ3n) is 2.29. The molecule has 1 aromatic rings. The smallest absolute Gasteiger partial charge is 0.127 e. The average molecular weight is 289 g/mol. The van der Waals surface area contributed by atoms with E-state index in [0.717, 1.165) is 11.0 Å². The molecule has 0 aromatic heterocycles. The lowest BCUT2D eigenvalue weighted by molar-refractivity contribution is 0.348. The summed E-state index contributed by atoms with van der Waals surface area (Å²) in [5.41, 5.74) is 0.694. The summed E-state index contributed by atoms with van der Waals surface area (Å²) in [6.45, 7) is 3.59. The Morgan fingerprint density at radius 3 is 2.75 bits per heavy atom. The third-order valence-corrected chi connectivity index (χ3v) is 2.78. The minimum absolute atomic E-state index is 0.159. The van der Waals surface area contributed by atoms with E-state index in [2.05, 4.69) is 33.1 Å². The number of nitrogens with zero attached hydrogens (tertiary/aromatic N) is 1. The Labute approximate surface area is 105 Å². The quantitative estimate of drug-likeness (QED) is 0.896. The van der Waals surface area contributed by atoms with E-state index in [0.29, 0.717) is 18.2 Å². The van der Waals surface area contributed by atoms with Gasteiger partial charge in [-0.3, -0.25) is 0 Å². The van der Waals surface area contributed by atoms with Crippen molar-refractivity contribution in [3.8, 4) is 0 Å². The first-order valence-electron chi connectivity index (χ1n) is 5.31. The van der Waals surface area contributed by atoms with Crippen LogP contribution in [0.25, 0.3) is 0 Å². The van der Waals surface area contributed by atoms with Crippen molar-refractivity contribution in [2.24, 2.45) is 0 Å². The molecule has 0 heterocycles. The summed E-state index contributed by atoms with van der Waals surface area (Å²) in [5.74, 6) is -0.159. The molecule has 2 nitrogen and oxygen atoms in total. The fourth-order valence-electron chi connectivity index (χ4n) is 1.58. The van der Waals surface area contributed by atoms with Crippen LogP contribution >= 0.6 is 15.9 Å². The van der Waals surface area contributed by atoms with Crippen LogP contribution in [-0.2, 0) is 6.54 Å². The highest BCUT2D eigenvalue weighted by atomic mass is 79.9. The molecular formula is C12H18BrFN2. The Kier molecular flexibility index (Phi) is 5.38. The predicted octanol–water partition coefficient (Wildman–Crippen LogP) is 2.63. The first kappa shape index (κ1) is 13.6. The van der Waals surface area contributed by atoms with Gasteiger partial charge in [-0.2, -0.15) is 0 Å². The van der Waals surface area contributed by atoms with Crippen LogP contribution in [-0.4, -0.2) is 31.6 Å². The van der Waals surface area contributed by atoms with Gasteiger partial charge >= 0.3 is 0 Å². The van der Waals surface area contributed by atoms with Gasteiger partial charge in [-0.1, -0.05) is 15.9 Å². The van der Waals surface area contributed by atoms with Gasteiger partial charge in [0.2, 0.25) is 0 Å². The van der Waals surface area contributed by atoms with Gasteiger partial charge in [-0.25, -0.2) is 4.39 Å². The molecule has 1 N–H and O–H groups in total. The van der Waals surface area contributed by atoms with Crippen LogP contribution in [0.2, 0.25) is 0 Å². The van der Waals surface area contributed by atoms with Gasteiger partial charge in [0.05, 0.1) is 0 Å². The van der Waals surface area contributed by atoms with Crippen molar-refractivity contribution in [2.45, 2.75) is 19.5 Å². The maximum absolute atomic E-state index is 13.4. The van der Waals surface area contributed by atoms with Crippen LogP contribution < -0.4 is 5.32 Å². The number of rotatable bonds is 5. The Balaban J connectivity index is 2.51. The normalized spacial score (nSPS) is 13.1. The number of halogens is 2. The zero-order chi connectivity index (χ0) is 12.1. The molecule has 0 radical (unpaired) electrons. The molecule has 1 aromatic carbocycles. The molecular weight excluding hydrogens is 271 g/mol. The van der Waals surface area contributed by atoms with E-state index in [9.17, 15) is 4.39 Å². The fraction of sp³-hybridized carbons (Fsp3) is 0.500. The zero-order valence-electron chi connectivity index (χ0n) is 9.93. The third kappa shape index (κ3) is 4.60. The highest BCUT2D eigenvalue weighted by molar-refractivity contribution is 9.10. The minimum atomic E-state index is -0.159. The first-order chi connectivity index (χ1) is 7.49. The van der Waals surface area contributed by atoms with Gasteiger partial charge < -0.3 is 10.2 Å². The van der Waals surface area contributed by atoms with Crippen molar-refractivity contribution >= 4 is 15.9 Å². The van der Waals surface area contributed by atoms with Crippen LogP contribution in [0.1, 0.15) is 12.5 Å². The largest absolute Gasteiger partial charge is 0.309 e. The number of hydrogen-bond donors (Lipinski definition) is 1. The van der Waals surface area contributed by atoms with Gasteiger partial charge in [0.1, 0.15) is 5.82 Å². The minimum Gasteiger partial charge on any atom is -0.309 e. The van der Waals surface area contributed by atoms with Gasteiger partial charge in [0.15, 0.2) is 0 Å². The van der Waals surface area contributed by atoms with Crippen molar-refractivity contribution < 1.29 is 4.39 Å². The van der Waals surface area contributed by atoms with E-state index >= 15 is 0 Å². The van der Waals surface area contributed by atoms with Crippen molar-refractivity contribution in [2.75, 3.05) is 20.6 Å². The second-order valence-corrected chi connectivity index (χ2v) is 5.20. The number of hydrogen-bond acceptors (Lipinski definition) is 2. The van der Waals surface area contributed by atoms with Crippen LogP contribution in [0.4, 0.5) is 4.39 Å². The molecule has 0 aliphatic rings. The van der Waals surface area contributed by atoms with E-state index in [1.54, 1.807) is 6.07 Å². The molecule has 0 spiro atoms. The monoisotopic (exact) mass is 288 g/mol. The average Bonchev–Trinajstić information content (AvgIpc) is 2.18. The molecule has 1 rings (SSSR count). The van der Waals surface area contributed by atoms with E-state index in [1.807, 2.05) is 20.2 Å². The lowest BCUT2D eigenvalue weighted by Gasteiger charge is -2.18. The highest BCUT2D eigenvalue weighted by Crippen LogP contribution is 2.15. The first-order valence-corrected chi connectivity index (χ1v) is 6.10. The molecule has 0 fully saturated rings. The summed E-state index contributed by atoms with van der Waals surface area (Å²) in [6.07, 6.45) is 0. The van der Waals surface area contributed by atoms with E-state index in [1.165, 1.54) is 6.07 Å². The molecule has 0 bridgehead atoms. The Morgan fingerprint density at radius 1 is 1.44 bits per heavy atom. The molecule has 90 valence electrons. The lowest BCUT2D eigenvalue weighted by atomic mass is 10.2. The summed E-state index contributed by atoms with van der Waals surface area (Å²) in [7, 11) is 4.05. The topological polar surface area (TPSA) is 15.3 Å². The van der Waals surface area contributed by atoms with Crippen LogP contribution in [0, 0.1) is 5.82 Å². The van der Waals surface area contributed by atoms with Crippen molar-refractivity contribution in [1.29, 1.82) is 0 Å². The van der Waals surface area contributed by atoms with Gasteiger partial charge in [0, 0.05) is 29.2 Å². The van der Waals surface area contributed by atoms with Gasteiger partial charge in [0.25, 0.3) is 0 Å². The molecule has 4 heteroatoms. The molecule has 0 saturated heterocycles. The maximum atomic E-state index is 13.4. The van der Waals surface area contributed by atoms with Gasteiger partial charge in [-0.05, 0) is 39.2 Å². The lowest BCUT2D eigenvalue weighted by Crippen LogP contribution is -2.35.